The van der Waals surface area contributed by atoms with Crippen LogP contribution >= 0.6 is 0 Å². The van der Waals surface area contributed by atoms with Crippen LogP contribution < -0.4 is 10.1 Å². The third-order valence-electron chi connectivity index (χ3n) is 3.17. The smallest absolute Gasteiger partial charge is 0.168 e. The second-order valence-corrected chi connectivity index (χ2v) is 5.96. The molecular weight excluding hydrogens is 240 g/mol. The van der Waals surface area contributed by atoms with E-state index in [1.165, 1.54) is 0 Å². The van der Waals surface area contributed by atoms with Crippen molar-refractivity contribution in [1.29, 1.82) is 0 Å². The topological polar surface area (TPSA) is 43.4 Å². The Labute approximate surface area is 115 Å². The van der Waals surface area contributed by atoms with Crippen LogP contribution in [0.25, 0.3) is 0 Å². The van der Waals surface area contributed by atoms with Gasteiger partial charge in [0.05, 0.1) is 11.7 Å². The summed E-state index contributed by atoms with van der Waals surface area (Å²) in [4.78, 5) is 4.40. The van der Waals surface area contributed by atoms with Gasteiger partial charge in [-0.3, -0.25) is 0 Å². The van der Waals surface area contributed by atoms with Crippen molar-refractivity contribution in [3.8, 4) is 5.75 Å². The molecule has 2 rings (SSSR count). The summed E-state index contributed by atoms with van der Waals surface area (Å²) in [5.41, 5.74) is -0.0657. The van der Waals surface area contributed by atoms with Gasteiger partial charge in [0, 0.05) is 18.8 Å². The lowest BCUT2D eigenvalue weighted by molar-refractivity contribution is -0.0553. The second kappa shape index (κ2) is 5.78. The zero-order chi connectivity index (χ0) is 13.9. The molecule has 4 heteroatoms. The maximum absolute atomic E-state index is 5.78. The normalized spacial score (nSPS) is 22.3. The van der Waals surface area contributed by atoms with E-state index in [1.807, 2.05) is 26.0 Å². The molecule has 2 heterocycles. The predicted molar refractivity (Wildman–Crippen MR) is 76.7 cm³/mol. The molecule has 0 amide bonds. The molecule has 1 aromatic rings. The van der Waals surface area contributed by atoms with Crippen molar-refractivity contribution in [2.75, 3.05) is 11.9 Å². The molecule has 0 aromatic carbocycles. The number of nitrogens with one attached hydrogen (secondary N) is 1. The Morgan fingerprint density at radius 3 is 2.95 bits per heavy atom. The van der Waals surface area contributed by atoms with Gasteiger partial charge in [-0.1, -0.05) is 0 Å². The van der Waals surface area contributed by atoms with E-state index in [9.17, 15) is 0 Å². The highest BCUT2D eigenvalue weighted by Crippen LogP contribution is 2.29. The number of pyridine rings is 1. The average Bonchev–Trinajstić information content (AvgIpc) is 2.30. The molecule has 1 fully saturated rings. The molecular formula is C15H24N2O2. The number of ether oxygens (including phenoxy) is 2. The van der Waals surface area contributed by atoms with E-state index in [1.54, 1.807) is 6.20 Å². The Hall–Kier alpha value is -1.29. The molecule has 0 saturated carbocycles. The SMILES string of the molecule is CC(C)Oc1cccnc1NC1CCOC(C)(C)C1. The predicted octanol–water partition coefficient (Wildman–Crippen LogP) is 3.24. The number of hydrogen-bond acceptors (Lipinski definition) is 4. The minimum atomic E-state index is -0.0657. The molecule has 1 saturated heterocycles. The van der Waals surface area contributed by atoms with Crippen LogP contribution in [0, 0.1) is 0 Å². The van der Waals surface area contributed by atoms with Crippen LogP contribution in [0.4, 0.5) is 5.82 Å². The summed E-state index contributed by atoms with van der Waals surface area (Å²) >= 11 is 0. The fourth-order valence-corrected chi connectivity index (χ4v) is 2.40. The van der Waals surface area contributed by atoms with Gasteiger partial charge in [-0.2, -0.15) is 0 Å². The molecule has 106 valence electrons. The summed E-state index contributed by atoms with van der Waals surface area (Å²) < 4.78 is 11.5. The number of anilines is 1. The molecule has 1 aliphatic heterocycles. The highest BCUT2D eigenvalue weighted by atomic mass is 16.5. The van der Waals surface area contributed by atoms with Gasteiger partial charge in [0.25, 0.3) is 0 Å². The van der Waals surface area contributed by atoms with Gasteiger partial charge in [0.2, 0.25) is 0 Å². The fraction of sp³-hybridized carbons (Fsp3) is 0.667. The molecule has 0 spiro atoms. The first-order valence-electron chi connectivity index (χ1n) is 6.98. The lowest BCUT2D eigenvalue weighted by Crippen LogP contribution is -2.40. The van der Waals surface area contributed by atoms with Crippen LogP contribution in [0.3, 0.4) is 0 Å². The molecule has 0 radical (unpaired) electrons. The second-order valence-electron chi connectivity index (χ2n) is 5.96. The van der Waals surface area contributed by atoms with E-state index < -0.39 is 0 Å². The maximum atomic E-state index is 5.78. The Bertz CT molecular complexity index is 418. The van der Waals surface area contributed by atoms with Crippen LogP contribution in [0.1, 0.15) is 40.5 Å². The minimum absolute atomic E-state index is 0.0657. The first kappa shape index (κ1) is 14.1. The van der Waals surface area contributed by atoms with E-state index in [4.69, 9.17) is 9.47 Å². The van der Waals surface area contributed by atoms with Crippen molar-refractivity contribution < 1.29 is 9.47 Å². The Kier molecular flexibility index (Phi) is 4.30. The van der Waals surface area contributed by atoms with E-state index in [2.05, 4.69) is 24.1 Å². The standard InChI is InChI=1S/C15H24N2O2/c1-11(2)19-13-6-5-8-16-14(13)17-12-7-9-18-15(3,4)10-12/h5-6,8,11-12H,7,9-10H2,1-4H3,(H,16,17). The van der Waals surface area contributed by atoms with Gasteiger partial charge < -0.3 is 14.8 Å². The van der Waals surface area contributed by atoms with Crippen LogP contribution in [0.5, 0.6) is 5.75 Å². The fourth-order valence-electron chi connectivity index (χ4n) is 2.40. The van der Waals surface area contributed by atoms with Gasteiger partial charge in [0.15, 0.2) is 11.6 Å². The number of nitrogens with zero attached hydrogens (tertiary/aromatic N) is 1. The molecule has 19 heavy (non-hydrogen) atoms. The Morgan fingerprint density at radius 2 is 2.26 bits per heavy atom. The molecule has 0 bridgehead atoms. The summed E-state index contributed by atoms with van der Waals surface area (Å²) in [7, 11) is 0. The number of aromatic nitrogens is 1. The van der Waals surface area contributed by atoms with Crippen LogP contribution in [0.2, 0.25) is 0 Å². The van der Waals surface area contributed by atoms with E-state index in [0.29, 0.717) is 6.04 Å². The summed E-state index contributed by atoms with van der Waals surface area (Å²) in [6.45, 7) is 9.09. The van der Waals surface area contributed by atoms with Crippen LogP contribution in [-0.4, -0.2) is 29.3 Å². The third kappa shape index (κ3) is 4.10. The van der Waals surface area contributed by atoms with Gasteiger partial charge in [0.1, 0.15) is 0 Å². The molecule has 1 atom stereocenters. The van der Waals surface area contributed by atoms with Crippen molar-refractivity contribution in [3.05, 3.63) is 18.3 Å². The lowest BCUT2D eigenvalue weighted by Gasteiger charge is -2.36. The lowest BCUT2D eigenvalue weighted by atomic mass is 9.94. The molecule has 1 N–H and O–H groups in total. The summed E-state index contributed by atoms with van der Waals surface area (Å²) in [5.74, 6) is 1.65. The molecule has 1 aromatic heterocycles. The molecule has 1 aliphatic rings. The van der Waals surface area contributed by atoms with E-state index >= 15 is 0 Å². The largest absolute Gasteiger partial charge is 0.487 e. The quantitative estimate of drug-likeness (QED) is 0.906. The minimum Gasteiger partial charge on any atom is -0.487 e. The first-order chi connectivity index (χ1) is 8.96. The van der Waals surface area contributed by atoms with Gasteiger partial charge >= 0.3 is 0 Å². The summed E-state index contributed by atoms with van der Waals surface area (Å²) in [6, 6.07) is 4.24. The highest BCUT2D eigenvalue weighted by Gasteiger charge is 2.29. The molecule has 1 unspecified atom stereocenters. The van der Waals surface area contributed by atoms with E-state index in [-0.39, 0.29) is 11.7 Å². The van der Waals surface area contributed by atoms with E-state index in [0.717, 1.165) is 31.0 Å². The Balaban J connectivity index is 2.06. The number of hydrogen-bond donors (Lipinski definition) is 1. The van der Waals surface area contributed by atoms with Gasteiger partial charge in [-0.05, 0) is 52.7 Å². The molecule has 0 aliphatic carbocycles. The summed E-state index contributed by atoms with van der Waals surface area (Å²) in [6.07, 6.45) is 3.92. The third-order valence-corrected chi connectivity index (χ3v) is 3.17. The number of rotatable bonds is 4. The zero-order valence-corrected chi connectivity index (χ0v) is 12.3. The van der Waals surface area contributed by atoms with Crippen molar-refractivity contribution >= 4 is 5.82 Å². The van der Waals surface area contributed by atoms with Gasteiger partial charge in [-0.25, -0.2) is 4.98 Å². The Morgan fingerprint density at radius 1 is 1.47 bits per heavy atom. The van der Waals surface area contributed by atoms with Gasteiger partial charge in [-0.15, -0.1) is 0 Å². The van der Waals surface area contributed by atoms with Crippen LogP contribution in [-0.2, 0) is 4.74 Å². The summed E-state index contributed by atoms with van der Waals surface area (Å²) in [5, 5.41) is 3.49. The highest BCUT2D eigenvalue weighted by molar-refractivity contribution is 5.50. The maximum Gasteiger partial charge on any atom is 0.168 e. The van der Waals surface area contributed by atoms with Crippen molar-refractivity contribution in [3.63, 3.8) is 0 Å². The molecule has 4 nitrogen and oxygen atoms in total. The van der Waals surface area contributed by atoms with Crippen molar-refractivity contribution in [1.82, 2.24) is 4.98 Å². The van der Waals surface area contributed by atoms with Crippen LogP contribution in [0.15, 0.2) is 18.3 Å². The van der Waals surface area contributed by atoms with Crippen molar-refractivity contribution in [2.24, 2.45) is 0 Å². The average molecular weight is 264 g/mol. The first-order valence-corrected chi connectivity index (χ1v) is 6.98. The van der Waals surface area contributed by atoms with Crippen molar-refractivity contribution in [2.45, 2.75) is 58.3 Å². The zero-order valence-electron chi connectivity index (χ0n) is 12.3. The monoisotopic (exact) mass is 264 g/mol.